The number of hydrogen-bond donors (Lipinski definition) is 1. The predicted octanol–water partition coefficient (Wildman–Crippen LogP) is 0.0465. The van der Waals surface area contributed by atoms with E-state index in [0.29, 0.717) is 0 Å². The molecule has 0 aromatic heterocycles. The fraction of sp³-hybridized carbons (Fsp3) is 0.857. The van der Waals surface area contributed by atoms with Gasteiger partial charge in [-0.2, -0.15) is 0 Å². The number of rotatable bonds is 1. The Kier molecular flexibility index (Phi) is 2.70. The Morgan fingerprint density at radius 3 is 2.91 bits per heavy atom. The number of hydrogen-bond acceptors (Lipinski definition) is 3. The molecule has 0 spiro atoms. The fourth-order valence-electron chi connectivity index (χ4n) is 1.28. The summed E-state index contributed by atoms with van der Waals surface area (Å²) in [5.41, 5.74) is 0. The minimum absolute atomic E-state index is 0.271. The second-order valence-electron chi connectivity index (χ2n) is 2.88. The van der Waals surface area contributed by atoms with Crippen molar-refractivity contribution in [1.82, 2.24) is 10.2 Å². The third kappa shape index (κ3) is 2.38. The van der Waals surface area contributed by atoms with Gasteiger partial charge in [0, 0.05) is 12.6 Å². The van der Waals surface area contributed by atoms with Gasteiger partial charge in [-0.3, -0.25) is 0 Å². The monoisotopic (exact) mass is 158 g/mol. The molecule has 0 unspecified atom stereocenters. The fourth-order valence-corrected chi connectivity index (χ4v) is 1.28. The van der Waals surface area contributed by atoms with Gasteiger partial charge in [0.15, 0.2) is 0 Å². The molecular formula is C7H14N2O2. The van der Waals surface area contributed by atoms with E-state index < -0.39 is 0 Å². The molecule has 4 nitrogen and oxygen atoms in total. The van der Waals surface area contributed by atoms with Gasteiger partial charge in [0.1, 0.15) is 0 Å². The van der Waals surface area contributed by atoms with Gasteiger partial charge in [-0.1, -0.05) is 0 Å². The van der Waals surface area contributed by atoms with Crippen LogP contribution in [0.1, 0.15) is 6.42 Å². The number of carbonyl (C=O) groups excluding carboxylic acids is 1. The summed E-state index contributed by atoms with van der Waals surface area (Å²) in [4.78, 5) is 12.9. The average molecular weight is 158 g/mol. The Bertz CT molecular complexity index is 149. The first kappa shape index (κ1) is 8.33. The Hall–Kier alpha value is -0.770. The molecule has 11 heavy (non-hydrogen) atoms. The van der Waals surface area contributed by atoms with Gasteiger partial charge < -0.3 is 15.0 Å². The van der Waals surface area contributed by atoms with Crippen LogP contribution in [0.25, 0.3) is 0 Å². The van der Waals surface area contributed by atoms with E-state index in [0.717, 1.165) is 19.5 Å². The van der Waals surface area contributed by atoms with Gasteiger partial charge in [0.2, 0.25) is 0 Å². The first-order chi connectivity index (χ1) is 5.22. The van der Waals surface area contributed by atoms with E-state index in [1.807, 2.05) is 7.05 Å². The minimum Gasteiger partial charge on any atom is -0.453 e. The third-order valence-corrected chi connectivity index (χ3v) is 1.90. The van der Waals surface area contributed by atoms with Crippen molar-refractivity contribution in [3.63, 3.8) is 0 Å². The Balaban J connectivity index is 2.23. The molecule has 64 valence electrons. The Morgan fingerprint density at radius 2 is 2.45 bits per heavy atom. The van der Waals surface area contributed by atoms with Gasteiger partial charge in [-0.15, -0.1) is 0 Å². The number of nitrogens with one attached hydrogen (secondary N) is 1. The highest BCUT2D eigenvalue weighted by molar-refractivity contribution is 5.67. The van der Waals surface area contributed by atoms with Crippen LogP contribution in [0.5, 0.6) is 0 Å². The lowest BCUT2D eigenvalue weighted by Gasteiger charge is -2.10. The second-order valence-corrected chi connectivity index (χ2v) is 2.88. The van der Waals surface area contributed by atoms with E-state index in [9.17, 15) is 4.79 Å². The largest absolute Gasteiger partial charge is 0.453 e. The highest BCUT2D eigenvalue weighted by Gasteiger charge is 2.20. The smallest absolute Gasteiger partial charge is 0.407 e. The summed E-state index contributed by atoms with van der Waals surface area (Å²) in [6.45, 7) is 1.98. The van der Waals surface area contributed by atoms with Gasteiger partial charge >= 0.3 is 6.09 Å². The van der Waals surface area contributed by atoms with Crippen molar-refractivity contribution in [3.8, 4) is 0 Å². The van der Waals surface area contributed by atoms with Crippen LogP contribution < -0.4 is 5.32 Å². The van der Waals surface area contributed by atoms with Crippen LogP contribution in [0, 0.1) is 0 Å². The number of likely N-dealkylation sites (N-methyl/N-ethyl adjacent to an activating group) is 1. The number of likely N-dealkylation sites (tertiary alicyclic amines) is 1. The van der Waals surface area contributed by atoms with Crippen LogP contribution in [0.4, 0.5) is 4.79 Å². The van der Waals surface area contributed by atoms with Gasteiger partial charge in [0.25, 0.3) is 0 Å². The molecule has 1 aliphatic heterocycles. The lowest BCUT2D eigenvalue weighted by Crippen LogP contribution is -2.36. The molecule has 1 N–H and O–H groups in total. The first-order valence-electron chi connectivity index (χ1n) is 3.75. The molecule has 0 bridgehead atoms. The van der Waals surface area contributed by atoms with E-state index in [-0.39, 0.29) is 12.1 Å². The molecule has 0 aromatic carbocycles. The molecular weight excluding hydrogens is 144 g/mol. The summed E-state index contributed by atoms with van der Waals surface area (Å²) >= 11 is 0. The molecule has 4 heteroatoms. The van der Waals surface area contributed by atoms with E-state index in [2.05, 4.69) is 15.0 Å². The number of alkyl carbamates (subject to hydrolysis) is 1. The molecule has 0 saturated carbocycles. The highest BCUT2D eigenvalue weighted by atomic mass is 16.5. The van der Waals surface area contributed by atoms with Crippen molar-refractivity contribution in [1.29, 1.82) is 0 Å². The van der Waals surface area contributed by atoms with Crippen molar-refractivity contribution in [3.05, 3.63) is 0 Å². The summed E-state index contributed by atoms with van der Waals surface area (Å²) in [5.74, 6) is 0. The summed E-state index contributed by atoms with van der Waals surface area (Å²) < 4.78 is 4.48. The van der Waals surface area contributed by atoms with Crippen molar-refractivity contribution >= 4 is 6.09 Å². The van der Waals surface area contributed by atoms with Crippen LogP contribution >= 0.6 is 0 Å². The zero-order valence-corrected chi connectivity index (χ0v) is 6.96. The summed E-state index contributed by atoms with van der Waals surface area (Å²) in [6.07, 6.45) is 0.691. The van der Waals surface area contributed by atoms with Crippen molar-refractivity contribution < 1.29 is 9.53 Å². The zero-order chi connectivity index (χ0) is 8.27. The highest BCUT2D eigenvalue weighted by Crippen LogP contribution is 2.05. The van der Waals surface area contributed by atoms with E-state index >= 15 is 0 Å². The van der Waals surface area contributed by atoms with Crippen LogP contribution in [0.15, 0.2) is 0 Å². The Labute approximate surface area is 66.5 Å². The number of amides is 1. The number of ether oxygens (including phenoxy) is 1. The van der Waals surface area contributed by atoms with E-state index in [1.54, 1.807) is 0 Å². The molecule has 1 rings (SSSR count). The van der Waals surface area contributed by atoms with Crippen LogP contribution in [0.2, 0.25) is 0 Å². The Morgan fingerprint density at radius 1 is 1.73 bits per heavy atom. The van der Waals surface area contributed by atoms with Gasteiger partial charge in [-0.05, 0) is 20.0 Å². The molecule has 1 aliphatic rings. The normalized spacial score (nSPS) is 25.1. The average Bonchev–Trinajstić information content (AvgIpc) is 2.35. The summed E-state index contributed by atoms with van der Waals surface area (Å²) in [6, 6.07) is 0.271. The molecule has 1 amide bonds. The van der Waals surface area contributed by atoms with E-state index in [4.69, 9.17) is 0 Å². The quantitative estimate of drug-likeness (QED) is 0.586. The molecule has 0 radical (unpaired) electrons. The maximum atomic E-state index is 10.7. The third-order valence-electron chi connectivity index (χ3n) is 1.90. The van der Waals surface area contributed by atoms with Gasteiger partial charge in [0.05, 0.1) is 7.11 Å². The van der Waals surface area contributed by atoms with Crippen molar-refractivity contribution in [2.45, 2.75) is 12.5 Å². The second kappa shape index (κ2) is 3.57. The van der Waals surface area contributed by atoms with Crippen molar-refractivity contribution in [2.24, 2.45) is 0 Å². The molecule has 1 heterocycles. The lowest BCUT2D eigenvalue weighted by molar-refractivity contribution is 0.167. The van der Waals surface area contributed by atoms with Crippen LogP contribution in [-0.2, 0) is 4.74 Å². The van der Waals surface area contributed by atoms with Gasteiger partial charge in [-0.25, -0.2) is 4.79 Å². The molecule has 1 fully saturated rings. The SMILES string of the molecule is COC(=O)N[C@H]1CCN(C)C1. The topological polar surface area (TPSA) is 41.6 Å². The maximum absolute atomic E-state index is 10.7. The maximum Gasteiger partial charge on any atom is 0.407 e. The molecule has 1 saturated heterocycles. The molecule has 1 atom stereocenters. The predicted molar refractivity (Wildman–Crippen MR) is 41.4 cm³/mol. The van der Waals surface area contributed by atoms with Crippen LogP contribution in [0.3, 0.4) is 0 Å². The van der Waals surface area contributed by atoms with E-state index in [1.165, 1.54) is 7.11 Å². The standard InChI is InChI=1S/C7H14N2O2/c1-9-4-3-6(5-9)8-7(10)11-2/h6H,3-5H2,1-2H3,(H,8,10)/t6-/m0/s1. The molecule has 0 aromatic rings. The summed E-state index contributed by atoms with van der Waals surface area (Å²) in [5, 5.41) is 2.76. The van der Waals surface area contributed by atoms with Crippen molar-refractivity contribution in [2.75, 3.05) is 27.2 Å². The lowest BCUT2D eigenvalue weighted by atomic mass is 10.3. The zero-order valence-electron chi connectivity index (χ0n) is 6.96. The number of carbonyl (C=O) groups is 1. The summed E-state index contributed by atoms with van der Waals surface area (Å²) in [7, 11) is 3.42. The minimum atomic E-state index is -0.328. The number of nitrogens with zero attached hydrogens (tertiary/aromatic N) is 1. The number of methoxy groups -OCH3 is 1. The van der Waals surface area contributed by atoms with Crippen LogP contribution in [-0.4, -0.2) is 44.3 Å². The first-order valence-corrected chi connectivity index (χ1v) is 3.75. The molecule has 0 aliphatic carbocycles.